The lowest BCUT2D eigenvalue weighted by atomic mass is 9.94. The van der Waals surface area contributed by atoms with Gasteiger partial charge in [0.15, 0.2) is 0 Å². The molecule has 1 heterocycles. The summed E-state index contributed by atoms with van der Waals surface area (Å²) in [6.07, 6.45) is 0.557. The Labute approximate surface area is 211 Å². The van der Waals surface area contributed by atoms with Crippen LogP contribution in [0, 0.1) is 13.8 Å². The summed E-state index contributed by atoms with van der Waals surface area (Å²) >= 11 is 0. The van der Waals surface area contributed by atoms with E-state index in [2.05, 4.69) is 0 Å². The van der Waals surface area contributed by atoms with Crippen LogP contribution in [0.1, 0.15) is 40.8 Å². The Kier molecular flexibility index (Phi) is 7.44. The Morgan fingerprint density at radius 1 is 0.972 bits per heavy atom. The van der Waals surface area contributed by atoms with E-state index in [1.807, 2.05) is 69.3 Å². The molecular formula is C30H31NO5. The highest BCUT2D eigenvalue weighted by Gasteiger charge is 2.45. The molecule has 1 fully saturated rings. The van der Waals surface area contributed by atoms with E-state index >= 15 is 0 Å². The van der Waals surface area contributed by atoms with Crippen molar-refractivity contribution in [3.8, 4) is 11.5 Å². The molecule has 0 saturated carbocycles. The van der Waals surface area contributed by atoms with Gasteiger partial charge in [-0.2, -0.15) is 0 Å². The Morgan fingerprint density at radius 3 is 2.28 bits per heavy atom. The molecule has 0 unspecified atom stereocenters. The molecule has 3 aromatic rings. The number of likely N-dealkylation sites (tertiary alicyclic amines) is 1. The van der Waals surface area contributed by atoms with Crippen molar-refractivity contribution in [1.29, 1.82) is 0 Å². The van der Waals surface area contributed by atoms with E-state index in [4.69, 9.17) is 9.47 Å². The highest BCUT2D eigenvalue weighted by Crippen LogP contribution is 2.40. The molecule has 4 rings (SSSR count). The lowest BCUT2D eigenvalue weighted by Gasteiger charge is -2.25. The van der Waals surface area contributed by atoms with Crippen LogP contribution >= 0.6 is 0 Å². The van der Waals surface area contributed by atoms with Crippen molar-refractivity contribution in [1.82, 2.24) is 4.90 Å². The highest BCUT2D eigenvalue weighted by atomic mass is 16.5. The maximum absolute atomic E-state index is 13.3. The van der Waals surface area contributed by atoms with Gasteiger partial charge in [0.25, 0.3) is 11.7 Å². The van der Waals surface area contributed by atoms with Crippen LogP contribution in [-0.4, -0.2) is 42.0 Å². The van der Waals surface area contributed by atoms with E-state index < -0.39 is 17.7 Å². The first-order chi connectivity index (χ1) is 17.3. The van der Waals surface area contributed by atoms with Gasteiger partial charge in [-0.25, -0.2) is 0 Å². The van der Waals surface area contributed by atoms with Crippen molar-refractivity contribution < 1.29 is 24.2 Å². The molecule has 6 heteroatoms. The maximum Gasteiger partial charge on any atom is 0.295 e. The van der Waals surface area contributed by atoms with Gasteiger partial charge in [0.1, 0.15) is 17.3 Å². The summed E-state index contributed by atoms with van der Waals surface area (Å²) in [6, 6.07) is 19.9. The van der Waals surface area contributed by atoms with Gasteiger partial charge < -0.3 is 19.5 Å². The van der Waals surface area contributed by atoms with Gasteiger partial charge in [-0.15, -0.1) is 0 Å². The summed E-state index contributed by atoms with van der Waals surface area (Å²) in [4.78, 5) is 28.1. The summed E-state index contributed by atoms with van der Waals surface area (Å²) in [7, 11) is 1.61. The van der Waals surface area contributed by atoms with E-state index in [9.17, 15) is 14.7 Å². The number of carbonyl (C=O) groups is 2. The van der Waals surface area contributed by atoms with E-state index in [0.717, 1.165) is 28.0 Å². The number of ketones is 1. The summed E-state index contributed by atoms with van der Waals surface area (Å²) in [5.41, 5.74) is 4.27. The lowest BCUT2D eigenvalue weighted by Crippen LogP contribution is -2.31. The van der Waals surface area contributed by atoms with E-state index in [1.165, 1.54) is 0 Å². The second kappa shape index (κ2) is 10.7. The van der Waals surface area contributed by atoms with Gasteiger partial charge in [-0.3, -0.25) is 9.59 Å². The van der Waals surface area contributed by atoms with Crippen LogP contribution in [0.2, 0.25) is 0 Å². The zero-order valence-corrected chi connectivity index (χ0v) is 21.1. The molecule has 6 nitrogen and oxygen atoms in total. The number of rotatable bonds is 8. The molecule has 0 aromatic heterocycles. The van der Waals surface area contributed by atoms with Gasteiger partial charge in [-0.1, -0.05) is 42.0 Å². The van der Waals surface area contributed by atoms with E-state index in [1.54, 1.807) is 30.2 Å². The average Bonchev–Trinajstić information content (AvgIpc) is 3.14. The van der Waals surface area contributed by atoms with Crippen LogP contribution < -0.4 is 9.47 Å². The van der Waals surface area contributed by atoms with Gasteiger partial charge in [0.2, 0.25) is 0 Å². The fourth-order valence-corrected chi connectivity index (χ4v) is 4.52. The zero-order chi connectivity index (χ0) is 25.8. The summed E-state index contributed by atoms with van der Waals surface area (Å²) in [5.74, 6) is -0.0109. The normalized spacial score (nSPS) is 16.9. The van der Waals surface area contributed by atoms with Crippen LogP contribution in [0.4, 0.5) is 0 Å². The molecular weight excluding hydrogens is 454 g/mol. The molecule has 0 radical (unpaired) electrons. The molecule has 0 bridgehead atoms. The molecule has 1 amide bonds. The van der Waals surface area contributed by atoms with Crippen molar-refractivity contribution in [2.75, 3.05) is 20.3 Å². The number of amides is 1. The fourth-order valence-electron chi connectivity index (χ4n) is 4.52. The van der Waals surface area contributed by atoms with Crippen molar-refractivity contribution in [3.05, 3.63) is 100 Å². The predicted octanol–water partition coefficient (Wildman–Crippen LogP) is 5.38. The number of nitrogens with zero attached hydrogens (tertiary/aromatic N) is 1. The van der Waals surface area contributed by atoms with Crippen molar-refractivity contribution >= 4 is 17.4 Å². The minimum absolute atomic E-state index is 0.0992. The Hall–Kier alpha value is -4.06. The standard InChI is InChI=1S/C30H31NO5/c1-5-36-25-15-12-23(18-20(25)3)28(32)26-27(22-10-6-19(2)7-11-22)31(30(34)29(26)33)17-16-21-8-13-24(35-4)14-9-21/h6-15,18,27,32H,5,16-17H2,1-4H3/t27-/m1/s1. The monoisotopic (exact) mass is 485 g/mol. The molecule has 1 atom stereocenters. The number of aliphatic hydroxyl groups excluding tert-OH is 1. The van der Waals surface area contributed by atoms with Gasteiger partial charge in [0, 0.05) is 12.1 Å². The molecule has 0 spiro atoms. The van der Waals surface area contributed by atoms with Crippen molar-refractivity contribution in [3.63, 3.8) is 0 Å². The van der Waals surface area contributed by atoms with Crippen LogP contribution in [0.3, 0.4) is 0 Å². The van der Waals surface area contributed by atoms with Gasteiger partial charge in [0.05, 0.1) is 25.3 Å². The Balaban J connectivity index is 1.74. The molecule has 1 aliphatic rings. The second-order valence-corrected chi connectivity index (χ2v) is 8.91. The van der Waals surface area contributed by atoms with Crippen LogP contribution in [-0.2, 0) is 16.0 Å². The first kappa shape index (κ1) is 25.0. The number of Topliss-reactive ketones (excluding diaryl/α,β-unsaturated/α-hetero) is 1. The molecule has 1 aliphatic heterocycles. The minimum atomic E-state index is -0.685. The third kappa shape index (κ3) is 4.98. The number of aliphatic hydroxyl groups is 1. The van der Waals surface area contributed by atoms with Crippen LogP contribution in [0.5, 0.6) is 11.5 Å². The molecule has 1 N–H and O–H groups in total. The smallest absolute Gasteiger partial charge is 0.295 e. The number of benzene rings is 3. The third-order valence-corrected chi connectivity index (χ3v) is 6.48. The summed E-state index contributed by atoms with van der Waals surface area (Å²) in [6.45, 7) is 6.62. The molecule has 186 valence electrons. The molecule has 36 heavy (non-hydrogen) atoms. The van der Waals surface area contributed by atoms with Gasteiger partial charge >= 0.3 is 0 Å². The van der Waals surface area contributed by atoms with Crippen molar-refractivity contribution in [2.45, 2.75) is 33.2 Å². The topological polar surface area (TPSA) is 76.1 Å². The summed E-state index contributed by atoms with van der Waals surface area (Å²) in [5, 5.41) is 11.3. The number of carbonyl (C=O) groups excluding carboxylic acids is 2. The first-order valence-electron chi connectivity index (χ1n) is 12.1. The second-order valence-electron chi connectivity index (χ2n) is 8.91. The Morgan fingerprint density at radius 2 is 1.67 bits per heavy atom. The number of methoxy groups -OCH3 is 1. The third-order valence-electron chi connectivity index (χ3n) is 6.48. The maximum atomic E-state index is 13.3. The number of hydrogen-bond donors (Lipinski definition) is 1. The predicted molar refractivity (Wildman–Crippen MR) is 139 cm³/mol. The van der Waals surface area contributed by atoms with E-state index in [0.29, 0.717) is 30.9 Å². The average molecular weight is 486 g/mol. The van der Waals surface area contributed by atoms with Gasteiger partial charge in [-0.05, 0) is 74.2 Å². The quantitative estimate of drug-likeness (QED) is 0.264. The van der Waals surface area contributed by atoms with Crippen molar-refractivity contribution in [2.24, 2.45) is 0 Å². The largest absolute Gasteiger partial charge is 0.507 e. The number of hydrogen-bond acceptors (Lipinski definition) is 5. The zero-order valence-electron chi connectivity index (χ0n) is 21.1. The number of aryl methyl sites for hydroxylation is 2. The number of ether oxygens (including phenoxy) is 2. The molecule has 1 saturated heterocycles. The van der Waals surface area contributed by atoms with Crippen LogP contribution in [0.15, 0.2) is 72.3 Å². The Bertz CT molecular complexity index is 1290. The molecule has 0 aliphatic carbocycles. The molecule has 3 aromatic carbocycles. The minimum Gasteiger partial charge on any atom is -0.507 e. The SMILES string of the molecule is CCOc1ccc(C(O)=C2C(=O)C(=O)N(CCc3ccc(OC)cc3)[C@@H]2c2ccc(C)cc2)cc1C. The first-order valence-corrected chi connectivity index (χ1v) is 12.1. The van der Waals surface area contributed by atoms with Crippen LogP contribution in [0.25, 0.3) is 5.76 Å². The lowest BCUT2D eigenvalue weighted by molar-refractivity contribution is -0.139. The summed E-state index contributed by atoms with van der Waals surface area (Å²) < 4.78 is 10.8. The van der Waals surface area contributed by atoms with E-state index in [-0.39, 0.29) is 11.3 Å². The fraction of sp³-hybridized carbons (Fsp3) is 0.267. The highest BCUT2D eigenvalue weighted by molar-refractivity contribution is 6.46.